The van der Waals surface area contributed by atoms with Gasteiger partial charge in [0.15, 0.2) is 0 Å². The lowest BCUT2D eigenvalue weighted by Gasteiger charge is -2.32. The quantitative estimate of drug-likeness (QED) is 0.357. The van der Waals surface area contributed by atoms with Gasteiger partial charge in [0.1, 0.15) is 11.9 Å². The van der Waals surface area contributed by atoms with E-state index >= 15 is 4.39 Å². The van der Waals surface area contributed by atoms with Gasteiger partial charge in [0, 0.05) is 56.0 Å². The third-order valence-corrected chi connectivity index (χ3v) is 9.46. The molecule has 0 spiro atoms. The number of amides is 4. The number of nitrogens with zero attached hydrogens (tertiary/aromatic N) is 6. The zero-order chi connectivity index (χ0) is 31.4. The molecule has 2 aromatic heterocycles. The molecule has 3 fully saturated rings. The predicted molar refractivity (Wildman–Crippen MR) is 161 cm³/mol. The van der Waals surface area contributed by atoms with Crippen molar-refractivity contribution in [2.45, 2.75) is 63.6 Å². The molecule has 1 saturated carbocycles. The Morgan fingerprint density at radius 1 is 1.02 bits per heavy atom. The normalized spacial score (nSPS) is 21.0. The molecule has 45 heavy (non-hydrogen) atoms. The summed E-state index contributed by atoms with van der Waals surface area (Å²) in [5.74, 6) is -2.34. The highest BCUT2D eigenvalue weighted by atomic mass is 35.5. The van der Waals surface area contributed by atoms with Crippen LogP contribution in [-0.4, -0.2) is 78.4 Å². The number of aryl methyl sites for hydroxylation is 1. The first kappa shape index (κ1) is 29.5. The van der Waals surface area contributed by atoms with E-state index in [4.69, 9.17) is 16.6 Å². The van der Waals surface area contributed by atoms with E-state index in [-0.39, 0.29) is 36.6 Å². The molecule has 2 N–H and O–H groups in total. The average molecular weight is 635 g/mol. The molecule has 1 unspecified atom stereocenters. The number of hydrogen-bond donors (Lipinski definition) is 2. The molecule has 14 heteroatoms. The smallest absolute Gasteiger partial charge is 0.265 e. The summed E-state index contributed by atoms with van der Waals surface area (Å²) in [6.07, 6.45) is 8.35. The Hall–Kier alpha value is -4.23. The maximum atomic E-state index is 15.7. The highest BCUT2D eigenvalue weighted by Gasteiger charge is 2.46. The van der Waals surface area contributed by atoms with Crippen molar-refractivity contribution >= 4 is 41.2 Å². The number of aromatic nitrogens is 4. The molecule has 4 amide bonds. The van der Waals surface area contributed by atoms with Crippen molar-refractivity contribution in [2.24, 2.45) is 13.0 Å². The number of carbonyl (C=O) groups excluding carboxylic acids is 4. The summed E-state index contributed by atoms with van der Waals surface area (Å²) < 4.78 is 17.6. The fourth-order valence-electron chi connectivity index (χ4n) is 6.47. The van der Waals surface area contributed by atoms with Gasteiger partial charge in [-0.05, 0) is 50.5 Å². The summed E-state index contributed by atoms with van der Waals surface area (Å²) in [6, 6.07) is 1.93. The second-order valence-corrected chi connectivity index (χ2v) is 12.7. The molecule has 4 aliphatic rings. The van der Waals surface area contributed by atoms with Crippen molar-refractivity contribution in [1.29, 1.82) is 0 Å². The maximum Gasteiger partial charge on any atom is 0.265 e. The highest BCUT2D eigenvalue weighted by Crippen LogP contribution is 2.37. The molecule has 3 aliphatic heterocycles. The first-order valence-corrected chi connectivity index (χ1v) is 15.6. The molecule has 1 aliphatic carbocycles. The van der Waals surface area contributed by atoms with Crippen LogP contribution in [0, 0.1) is 11.7 Å². The molecule has 5 heterocycles. The predicted octanol–water partition coefficient (Wildman–Crippen LogP) is 3.10. The number of benzene rings is 1. The first-order valence-electron chi connectivity index (χ1n) is 15.2. The Bertz CT molecular complexity index is 1730. The minimum absolute atomic E-state index is 0.000516. The van der Waals surface area contributed by atoms with Crippen molar-refractivity contribution in [2.75, 3.05) is 18.4 Å². The van der Waals surface area contributed by atoms with Gasteiger partial charge in [0.25, 0.3) is 11.8 Å². The van der Waals surface area contributed by atoms with Crippen molar-refractivity contribution in [3.8, 4) is 11.3 Å². The molecule has 3 aromatic rings. The molecule has 234 valence electrons. The SMILES string of the molecule is Cn1ncc(-c2nc(NC3CCN(Cc4ccc5c(c4F)C(=O)N(C4CCC(=O)NC4=O)C5=O)CC3)ncc2Cl)c1CC1CC1. The van der Waals surface area contributed by atoms with Crippen LogP contribution in [-0.2, 0) is 29.6 Å². The Balaban J connectivity index is 0.993. The third kappa shape index (κ3) is 5.59. The standard InChI is InChI=1S/C31H32ClFN8O4/c1-39-23(12-16-2-3-16)20(13-35-39)27-21(32)14-34-31(38-27)36-18-8-10-40(11-9-18)15-17-4-5-19-25(26(17)33)30(45)41(29(19)44)22-6-7-24(42)37-28(22)43/h4-5,13-14,16,18,22H,2-3,6-12,15H2,1H3,(H,34,36,38)(H,37,42,43). The van der Waals surface area contributed by atoms with Crippen LogP contribution < -0.4 is 10.6 Å². The van der Waals surface area contributed by atoms with E-state index in [2.05, 4.69) is 25.6 Å². The number of hydrogen-bond acceptors (Lipinski definition) is 9. The number of anilines is 1. The van der Waals surface area contributed by atoms with Crippen molar-refractivity contribution in [3.63, 3.8) is 0 Å². The lowest BCUT2D eigenvalue weighted by atomic mass is 10.0. The minimum atomic E-state index is -1.14. The zero-order valence-electron chi connectivity index (χ0n) is 24.7. The van der Waals surface area contributed by atoms with Crippen LogP contribution in [0.1, 0.15) is 70.5 Å². The van der Waals surface area contributed by atoms with E-state index in [0.29, 0.717) is 41.2 Å². The highest BCUT2D eigenvalue weighted by molar-refractivity contribution is 6.33. The molecule has 2 saturated heterocycles. The molecule has 1 atom stereocenters. The third-order valence-electron chi connectivity index (χ3n) is 9.18. The Morgan fingerprint density at radius 3 is 2.53 bits per heavy atom. The Morgan fingerprint density at radius 2 is 1.80 bits per heavy atom. The maximum absolute atomic E-state index is 15.7. The number of rotatable bonds is 8. The van der Waals surface area contributed by atoms with Crippen molar-refractivity contribution in [3.05, 3.63) is 57.8 Å². The number of likely N-dealkylation sites (tertiary alicyclic amines) is 1. The largest absolute Gasteiger partial charge is 0.351 e. The minimum Gasteiger partial charge on any atom is -0.351 e. The van der Waals surface area contributed by atoms with Gasteiger partial charge < -0.3 is 5.32 Å². The zero-order valence-corrected chi connectivity index (χ0v) is 25.4. The monoisotopic (exact) mass is 634 g/mol. The second kappa shape index (κ2) is 11.6. The van der Waals surface area contributed by atoms with Crippen molar-refractivity contribution in [1.82, 2.24) is 34.9 Å². The first-order chi connectivity index (χ1) is 21.7. The number of fused-ring (bicyclic) bond motifs is 1. The number of carbonyl (C=O) groups is 4. The van der Waals surface area contributed by atoms with E-state index < -0.39 is 35.5 Å². The van der Waals surface area contributed by atoms with E-state index in [0.717, 1.165) is 35.4 Å². The summed E-state index contributed by atoms with van der Waals surface area (Å²) in [7, 11) is 1.94. The second-order valence-electron chi connectivity index (χ2n) is 12.3. The molecule has 12 nitrogen and oxygen atoms in total. The van der Waals surface area contributed by atoms with E-state index in [1.807, 2.05) is 17.9 Å². The van der Waals surface area contributed by atoms with Gasteiger partial charge in [-0.15, -0.1) is 0 Å². The van der Waals surface area contributed by atoms with Gasteiger partial charge in [-0.1, -0.05) is 17.7 Å². The van der Waals surface area contributed by atoms with Crippen molar-refractivity contribution < 1.29 is 23.6 Å². The summed E-state index contributed by atoms with van der Waals surface area (Å²) >= 11 is 6.53. The summed E-state index contributed by atoms with van der Waals surface area (Å²) in [5, 5.41) is 10.5. The van der Waals surface area contributed by atoms with Gasteiger partial charge in [-0.2, -0.15) is 5.10 Å². The summed E-state index contributed by atoms with van der Waals surface area (Å²) in [5.41, 5.74) is 2.62. The van der Waals surface area contributed by atoms with E-state index in [1.165, 1.54) is 25.0 Å². The van der Waals surface area contributed by atoms with Crippen LogP contribution in [0.25, 0.3) is 11.3 Å². The van der Waals surface area contributed by atoms with Crippen LogP contribution in [0.3, 0.4) is 0 Å². The molecular weight excluding hydrogens is 603 g/mol. The summed E-state index contributed by atoms with van der Waals surface area (Å²) in [6.45, 7) is 1.59. The van der Waals surface area contributed by atoms with Gasteiger partial charge in [-0.25, -0.2) is 14.4 Å². The Labute approximate surface area is 263 Å². The van der Waals surface area contributed by atoms with Crippen LogP contribution in [0.15, 0.2) is 24.5 Å². The number of piperidine rings is 2. The molecule has 1 aromatic carbocycles. The molecular formula is C31H32ClFN8O4. The van der Waals surface area contributed by atoms with Gasteiger partial charge >= 0.3 is 0 Å². The van der Waals surface area contributed by atoms with Crippen LogP contribution >= 0.6 is 11.6 Å². The van der Waals surface area contributed by atoms with Gasteiger partial charge in [0.05, 0.1) is 34.2 Å². The van der Waals surface area contributed by atoms with Crippen LogP contribution in [0.2, 0.25) is 5.02 Å². The van der Waals surface area contributed by atoms with Gasteiger partial charge in [-0.3, -0.25) is 39.0 Å². The van der Waals surface area contributed by atoms with Crippen LogP contribution in [0.5, 0.6) is 0 Å². The molecule has 7 rings (SSSR count). The average Bonchev–Trinajstić information content (AvgIpc) is 3.72. The number of nitrogens with one attached hydrogen (secondary N) is 2. The molecule has 0 radical (unpaired) electrons. The van der Waals surface area contributed by atoms with Crippen LogP contribution in [0.4, 0.5) is 10.3 Å². The number of imide groups is 2. The van der Waals surface area contributed by atoms with Gasteiger partial charge in [0.2, 0.25) is 17.8 Å². The fourth-order valence-corrected chi connectivity index (χ4v) is 6.66. The lowest BCUT2D eigenvalue weighted by Crippen LogP contribution is -2.54. The lowest BCUT2D eigenvalue weighted by molar-refractivity contribution is -0.136. The number of halogens is 2. The van der Waals surface area contributed by atoms with E-state index in [9.17, 15) is 19.2 Å². The van der Waals surface area contributed by atoms with E-state index in [1.54, 1.807) is 6.20 Å². The summed E-state index contributed by atoms with van der Waals surface area (Å²) in [4.78, 5) is 62.1. The fraction of sp³-hybridized carbons (Fsp3) is 0.452. The Kier molecular flexibility index (Phi) is 7.60. The topological polar surface area (TPSA) is 142 Å². The molecule has 0 bridgehead atoms.